The molecule has 0 aromatic heterocycles. The van der Waals surface area contributed by atoms with Crippen LogP contribution < -0.4 is 9.62 Å². The fourth-order valence-electron chi connectivity index (χ4n) is 2.64. The van der Waals surface area contributed by atoms with Crippen LogP contribution in [0.25, 0.3) is 0 Å². The Morgan fingerprint density at radius 2 is 1.26 bits per heavy atom. The normalized spacial score (nSPS) is 10.7. The van der Waals surface area contributed by atoms with E-state index in [-0.39, 0.29) is 24.2 Å². The van der Waals surface area contributed by atoms with E-state index in [2.05, 4.69) is 27.0 Å². The Morgan fingerprint density at radius 1 is 0.774 bits per heavy atom. The molecule has 0 spiro atoms. The van der Waals surface area contributed by atoms with Crippen molar-refractivity contribution in [1.29, 1.82) is 0 Å². The summed E-state index contributed by atoms with van der Waals surface area (Å²) < 4.78 is 10.6. The lowest BCUT2D eigenvalue weighted by molar-refractivity contribution is -0.208. The molecule has 0 amide bonds. The molecule has 164 valence electrons. The van der Waals surface area contributed by atoms with Crippen LogP contribution in [0.15, 0.2) is 72.8 Å². The van der Waals surface area contributed by atoms with Gasteiger partial charge in [0.25, 0.3) is 0 Å². The number of hydrogen-bond acceptors (Lipinski definition) is 6. The summed E-state index contributed by atoms with van der Waals surface area (Å²) >= 11 is 0. The predicted molar refractivity (Wildman–Crippen MR) is 118 cm³/mol. The van der Waals surface area contributed by atoms with Gasteiger partial charge < -0.3 is 9.47 Å². The van der Waals surface area contributed by atoms with E-state index in [4.69, 9.17) is 19.2 Å². The molecule has 0 saturated heterocycles. The van der Waals surface area contributed by atoms with Gasteiger partial charge in [0.05, 0.1) is 0 Å². The second-order valence-electron chi connectivity index (χ2n) is 7.67. The first kappa shape index (κ1) is 23.7. The van der Waals surface area contributed by atoms with Gasteiger partial charge in [-0.25, -0.2) is 14.5 Å². The Labute approximate surface area is 183 Å². The summed E-state index contributed by atoms with van der Waals surface area (Å²) in [5.74, 6) is 0.0750. The molecule has 0 heterocycles. The Morgan fingerprint density at radius 3 is 1.74 bits per heavy atom. The van der Waals surface area contributed by atoms with Gasteiger partial charge in [-0.15, -0.1) is 0 Å². The third-order valence-corrected chi connectivity index (χ3v) is 4.65. The van der Waals surface area contributed by atoms with Crippen LogP contribution in [0.1, 0.15) is 38.8 Å². The van der Waals surface area contributed by atoms with Crippen molar-refractivity contribution < 1.29 is 28.8 Å². The molecule has 0 aliphatic carbocycles. The maximum Gasteiger partial charge on any atom is 0.381 e. The zero-order chi connectivity index (χ0) is 23.0. The van der Waals surface area contributed by atoms with Gasteiger partial charge >= 0.3 is 11.9 Å². The summed E-state index contributed by atoms with van der Waals surface area (Å²) in [4.78, 5) is 32.5. The zero-order valence-corrected chi connectivity index (χ0v) is 18.4. The van der Waals surface area contributed by atoms with Crippen molar-refractivity contribution in [2.45, 2.75) is 33.1 Å². The molecule has 2 aromatic carbocycles. The van der Waals surface area contributed by atoms with E-state index >= 15 is 0 Å². The molecule has 31 heavy (non-hydrogen) atoms. The van der Waals surface area contributed by atoms with Crippen LogP contribution in [0.5, 0.6) is 11.5 Å². The molecular weight excluding hydrogens is 396 g/mol. The molecule has 0 aliphatic rings. The summed E-state index contributed by atoms with van der Waals surface area (Å²) in [6.45, 7) is 14.8. The number of ether oxygens (including phenoxy) is 2. The number of hydrogen-bond donors (Lipinski definition) is 0. The van der Waals surface area contributed by atoms with Crippen molar-refractivity contribution in [2.75, 3.05) is 13.2 Å². The molecule has 6 heteroatoms. The van der Waals surface area contributed by atoms with E-state index in [9.17, 15) is 9.59 Å². The van der Waals surface area contributed by atoms with Gasteiger partial charge in [0.2, 0.25) is 0 Å². The highest BCUT2D eigenvalue weighted by atomic mass is 17.2. The quantitative estimate of drug-likeness (QED) is 0.177. The van der Waals surface area contributed by atoms with Gasteiger partial charge in [-0.05, 0) is 49.2 Å². The van der Waals surface area contributed by atoms with Crippen LogP contribution in [0.3, 0.4) is 0 Å². The highest BCUT2D eigenvalue weighted by Crippen LogP contribution is 2.33. The van der Waals surface area contributed by atoms with Crippen molar-refractivity contribution in [3.63, 3.8) is 0 Å². The first-order valence-electron chi connectivity index (χ1n) is 9.82. The van der Waals surface area contributed by atoms with Gasteiger partial charge in [-0.2, -0.15) is 0 Å². The van der Waals surface area contributed by atoms with Crippen molar-refractivity contribution in [3.05, 3.63) is 84.0 Å². The van der Waals surface area contributed by atoms with Crippen LogP contribution in [-0.2, 0) is 24.6 Å². The van der Waals surface area contributed by atoms with E-state index in [1.54, 1.807) is 26.0 Å². The fourth-order valence-corrected chi connectivity index (χ4v) is 2.64. The molecule has 0 aliphatic heterocycles. The first-order chi connectivity index (χ1) is 14.6. The van der Waals surface area contributed by atoms with E-state index in [0.29, 0.717) is 17.1 Å². The first-order valence-corrected chi connectivity index (χ1v) is 9.82. The van der Waals surface area contributed by atoms with Gasteiger partial charge in [-0.3, -0.25) is 4.89 Å². The predicted octanol–water partition coefficient (Wildman–Crippen LogP) is 4.92. The molecule has 0 atom stereocenters. The highest BCUT2D eigenvalue weighted by Gasteiger charge is 2.23. The average Bonchev–Trinajstić information content (AvgIpc) is 2.75. The SMILES string of the molecule is C=C(C)C(=O)OCCOc1ccc(C(C)(C)c2ccc(OOC(=O)C(=C)C)cc2)cc1. The minimum Gasteiger partial charge on any atom is -0.490 e. The molecule has 0 radical (unpaired) electrons. The third-order valence-electron chi connectivity index (χ3n) is 4.65. The lowest BCUT2D eigenvalue weighted by Gasteiger charge is -2.26. The van der Waals surface area contributed by atoms with Gasteiger partial charge in [-0.1, -0.05) is 51.3 Å². The molecule has 0 fully saturated rings. The third kappa shape index (κ3) is 6.74. The van der Waals surface area contributed by atoms with Crippen LogP contribution in [-0.4, -0.2) is 25.2 Å². The van der Waals surface area contributed by atoms with Gasteiger partial charge in [0.15, 0.2) is 5.75 Å². The smallest absolute Gasteiger partial charge is 0.381 e. The molecular formula is C25H28O6. The monoisotopic (exact) mass is 424 g/mol. The molecule has 2 rings (SSSR count). The second-order valence-corrected chi connectivity index (χ2v) is 7.67. The molecule has 0 unspecified atom stereocenters. The van der Waals surface area contributed by atoms with Gasteiger partial charge in [0, 0.05) is 16.6 Å². The van der Waals surface area contributed by atoms with E-state index < -0.39 is 11.9 Å². The highest BCUT2D eigenvalue weighted by molar-refractivity contribution is 5.87. The van der Waals surface area contributed by atoms with Gasteiger partial charge in [0.1, 0.15) is 19.0 Å². The Hall–Kier alpha value is -3.54. The standard InChI is InChI=1S/C25H28O6/c1-17(2)23(26)29-16-15-28-21-11-7-19(8-12-21)25(5,6)20-9-13-22(14-10-20)30-31-24(27)18(3)4/h7-14H,1,3,15-16H2,2,4-6H3. The molecule has 6 nitrogen and oxygen atoms in total. The largest absolute Gasteiger partial charge is 0.490 e. The number of benzene rings is 2. The Bertz CT molecular complexity index is 939. The van der Waals surface area contributed by atoms with Crippen LogP contribution >= 0.6 is 0 Å². The summed E-state index contributed by atoms with van der Waals surface area (Å²) in [7, 11) is 0. The molecule has 0 N–H and O–H groups in total. The number of carbonyl (C=O) groups excluding carboxylic acids is 2. The zero-order valence-electron chi connectivity index (χ0n) is 18.4. The minimum absolute atomic E-state index is 0.162. The van der Waals surface area contributed by atoms with Crippen LogP contribution in [0, 0.1) is 0 Å². The number of rotatable bonds is 10. The number of esters is 1. The maximum atomic E-state index is 11.4. The second kappa shape index (κ2) is 10.5. The lowest BCUT2D eigenvalue weighted by Crippen LogP contribution is -2.19. The minimum atomic E-state index is -0.610. The summed E-state index contributed by atoms with van der Waals surface area (Å²) in [5, 5.41) is 0. The summed E-state index contributed by atoms with van der Waals surface area (Å²) in [6.07, 6.45) is 0. The average molecular weight is 424 g/mol. The molecule has 0 saturated carbocycles. The summed E-state index contributed by atoms with van der Waals surface area (Å²) in [6, 6.07) is 15.1. The summed E-state index contributed by atoms with van der Waals surface area (Å²) in [5.41, 5.74) is 2.50. The van der Waals surface area contributed by atoms with Crippen LogP contribution in [0.4, 0.5) is 0 Å². The van der Waals surface area contributed by atoms with Crippen molar-refractivity contribution in [2.24, 2.45) is 0 Å². The molecule has 2 aromatic rings. The molecule has 0 bridgehead atoms. The van der Waals surface area contributed by atoms with Crippen molar-refractivity contribution in [3.8, 4) is 11.5 Å². The fraction of sp³-hybridized carbons (Fsp3) is 0.280. The van der Waals surface area contributed by atoms with Crippen molar-refractivity contribution in [1.82, 2.24) is 0 Å². The van der Waals surface area contributed by atoms with E-state index in [1.165, 1.54) is 0 Å². The Kier molecular flexibility index (Phi) is 8.02. The van der Waals surface area contributed by atoms with Crippen LogP contribution in [0.2, 0.25) is 0 Å². The van der Waals surface area contributed by atoms with E-state index in [1.807, 2.05) is 36.4 Å². The lowest BCUT2D eigenvalue weighted by atomic mass is 9.78. The topological polar surface area (TPSA) is 71.1 Å². The van der Waals surface area contributed by atoms with Crippen molar-refractivity contribution >= 4 is 11.9 Å². The number of carbonyl (C=O) groups is 2. The van der Waals surface area contributed by atoms with E-state index in [0.717, 1.165) is 11.1 Å². The maximum absolute atomic E-state index is 11.4. The Balaban J connectivity index is 1.95.